The molecule has 31 heavy (non-hydrogen) atoms. The Labute approximate surface area is 182 Å². The van der Waals surface area contributed by atoms with Gasteiger partial charge in [-0.25, -0.2) is 0 Å². The molecule has 3 aromatic carbocycles. The average Bonchev–Trinajstić information content (AvgIpc) is 2.78. The van der Waals surface area contributed by atoms with Crippen molar-refractivity contribution in [2.75, 3.05) is 0 Å². The van der Waals surface area contributed by atoms with E-state index in [1.807, 2.05) is 24.3 Å². The van der Waals surface area contributed by atoms with Gasteiger partial charge >= 0.3 is 6.18 Å². The van der Waals surface area contributed by atoms with Crippen LogP contribution < -0.4 is 0 Å². The van der Waals surface area contributed by atoms with Gasteiger partial charge in [-0.15, -0.1) is 0 Å². The normalized spacial score (nSPS) is 10.6. The van der Waals surface area contributed by atoms with Gasteiger partial charge in [0.25, 0.3) is 0 Å². The first-order chi connectivity index (χ1) is 15.0. The molecule has 0 aliphatic rings. The standard InChI is InChI=1S/C28H23F3/c1-2-3-4-7-22-10-16-25(17-11-22)26-18-12-23(13-19-26)8-5-6-9-24-14-20-27(21-15-24)28(29,30)31/h10-21H,2-4,7H2,1H3. The molecular weight excluding hydrogens is 393 g/mol. The lowest BCUT2D eigenvalue weighted by atomic mass is 10.0. The monoisotopic (exact) mass is 416 g/mol. The molecule has 3 rings (SSSR count). The molecule has 3 heteroatoms. The number of benzene rings is 3. The van der Waals surface area contributed by atoms with Crippen LogP contribution in [0.4, 0.5) is 13.2 Å². The van der Waals surface area contributed by atoms with E-state index in [1.54, 1.807) is 0 Å². The molecule has 156 valence electrons. The highest BCUT2D eigenvalue weighted by atomic mass is 19.4. The van der Waals surface area contributed by atoms with Crippen molar-refractivity contribution in [1.29, 1.82) is 0 Å². The molecule has 0 nitrogen and oxygen atoms in total. The van der Waals surface area contributed by atoms with E-state index in [2.05, 4.69) is 54.9 Å². The predicted molar refractivity (Wildman–Crippen MR) is 120 cm³/mol. The molecule has 0 amide bonds. The zero-order valence-electron chi connectivity index (χ0n) is 17.4. The van der Waals surface area contributed by atoms with Crippen LogP contribution in [-0.2, 0) is 12.6 Å². The van der Waals surface area contributed by atoms with Crippen molar-refractivity contribution >= 4 is 0 Å². The summed E-state index contributed by atoms with van der Waals surface area (Å²) in [5.74, 6) is 11.2. The smallest absolute Gasteiger partial charge is 0.166 e. The molecule has 0 aliphatic carbocycles. The van der Waals surface area contributed by atoms with Crippen molar-refractivity contribution in [3.05, 3.63) is 95.1 Å². The zero-order valence-corrected chi connectivity index (χ0v) is 17.4. The molecule has 0 fully saturated rings. The van der Waals surface area contributed by atoms with Crippen LogP contribution in [0.5, 0.6) is 0 Å². The molecule has 0 bridgehead atoms. The van der Waals surface area contributed by atoms with Gasteiger partial charge in [-0.3, -0.25) is 0 Å². The van der Waals surface area contributed by atoms with Crippen LogP contribution in [0.1, 0.15) is 48.4 Å². The summed E-state index contributed by atoms with van der Waals surface area (Å²) in [5, 5.41) is 0. The lowest BCUT2D eigenvalue weighted by Crippen LogP contribution is -2.03. The largest absolute Gasteiger partial charge is 0.416 e. The summed E-state index contributed by atoms with van der Waals surface area (Å²) >= 11 is 0. The van der Waals surface area contributed by atoms with E-state index in [0.717, 1.165) is 29.7 Å². The second-order valence-corrected chi connectivity index (χ2v) is 7.31. The molecule has 0 radical (unpaired) electrons. The number of unbranched alkanes of at least 4 members (excludes halogenated alkanes) is 2. The lowest BCUT2D eigenvalue weighted by Gasteiger charge is -2.05. The number of alkyl halides is 3. The summed E-state index contributed by atoms with van der Waals surface area (Å²) in [6, 6.07) is 21.4. The summed E-state index contributed by atoms with van der Waals surface area (Å²) in [5.41, 5.74) is 4.31. The van der Waals surface area contributed by atoms with E-state index in [1.165, 1.54) is 42.5 Å². The maximum absolute atomic E-state index is 12.6. The minimum atomic E-state index is -4.34. The Morgan fingerprint density at radius 3 is 1.61 bits per heavy atom. The summed E-state index contributed by atoms with van der Waals surface area (Å²) < 4.78 is 37.7. The zero-order chi connectivity index (χ0) is 22.1. The Morgan fingerprint density at radius 1 is 0.645 bits per heavy atom. The highest BCUT2D eigenvalue weighted by Crippen LogP contribution is 2.29. The lowest BCUT2D eigenvalue weighted by molar-refractivity contribution is -0.137. The van der Waals surface area contributed by atoms with E-state index < -0.39 is 11.7 Å². The van der Waals surface area contributed by atoms with Crippen molar-refractivity contribution in [1.82, 2.24) is 0 Å². The predicted octanol–water partition coefficient (Wildman–Crippen LogP) is 7.51. The van der Waals surface area contributed by atoms with Crippen LogP contribution >= 0.6 is 0 Å². The van der Waals surface area contributed by atoms with Crippen molar-refractivity contribution in [2.45, 2.75) is 38.8 Å². The van der Waals surface area contributed by atoms with Gasteiger partial charge in [0.05, 0.1) is 5.56 Å². The van der Waals surface area contributed by atoms with Crippen molar-refractivity contribution < 1.29 is 13.2 Å². The van der Waals surface area contributed by atoms with Gasteiger partial charge in [0.15, 0.2) is 0 Å². The van der Waals surface area contributed by atoms with Crippen molar-refractivity contribution in [3.63, 3.8) is 0 Å². The highest BCUT2D eigenvalue weighted by Gasteiger charge is 2.29. The van der Waals surface area contributed by atoms with E-state index in [4.69, 9.17) is 0 Å². The van der Waals surface area contributed by atoms with Crippen LogP contribution in [0, 0.1) is 23.7 Å². The molecule has 0 spiro atoms. The summed E-state index contributed by atoms with van der Waals surface area (Å²) in [7, 11) is 0. The molecular formula is C28H23F3. The molecule has 0 aliphatic heterocycles. The third-order valence-electron chi connectivity index (χ3n) is 4.93. The van der Waals surface area contributed by atoms with Gasteiger partial charge in [-0.2, -0.15) is 13.2 Å². The van der Waals surface area contributed by atoms with E-state index in [9.17, 15) is 13.2 Å². The quantitative estimate of drug-likeness (QED) is 0.298. The fraction of sp³-hybridized carbons (Fsp3) is 0.214. The molecule has 0 atom stereocenters. The third-order valence-corrected chi connectivity index (χ3v) is 4.93. The van der Waals surface area contributed by atoms with Crippen molar-refractivity contribution in [3.8, 4) is 34.8 Å². The number of halogens is 3. The maximum atomic E-state index is 12.6. The van der Waals surface area contributed by atoms with Gasteiger partial charge in [0, 0.05) is 11.1 Å². The third kappa shape index (κ3) is 6.80. The Balaban J connectivity index is 1.61. The molecule has 0 aromatic heterocycles. The minimum absolute atomic E-state index is 0.496. The van der Waals surface area contributed by atoms with Gasteiger partial charge in [-0.1, -0.05) is 68.0 Å². The SMILES string of the molecule is CCCCCc1ccc(-c2ccc(C#CC#Cc3ccc(C(F)(F)F)cc3)cc2)cc1. The summed E-state index contributed by atoms with van der Waals surface area (Å²) in [4.78, 5) is 0. The minimum Gasteiger partial charge on any atom is -0.166 e. The van der Waals surface area contributed by atoms with E-state index >= 15 is 0 Å². The van der Waals surface area contributed by atoms with Crippen LogP contribution in [0.25, 0.3) is 11.1 Å². The second kappa shape index (κ2) is 10.6. The number of hydrogen-bond acceptors (Lipinski definition) is 0. The Morgan fingerprint density at radius 2 is 1.13 bits per heavy atom. The van der Waals surface area contributed by atoms with Gasteiger partial charge < -0.3 is 0 Å². The second-order valence-electron chi connectivity index (χ2n) is 7.31. The number of rotatable bonds is 5. The maximum Gasteiger partial charge on any atom is 0.416 e. The van der Waals surface area contributed by atoms with Gasteiger partial charge in [0.2, 0.25) is 0 Å². The molecule has 3 aromatic rings. The topological polar surface area (TPSA) is 0 Å². The van der Waals surface area contributed by atoms with Crippen LogP contribution in [0.15, 0.2) is 72.8 Å². The Bertz CT molecular complexity index is 1100. The average molecular weight is 416 g/mol. The first kappa shape index (κ1) is 22.3. The highest BCUT2D eigenvalue weighted by molar-refractivity contribution is 5.64. The van der Waals surface area contributed by atoms with Gasteiger partial charge in [0.1, 0.15) is 0 Å². The Hall–Kier alpha value is -3.43. The molecule has 0 unspecified atom stereocenters. The summed E-state index contributed by atoms with van der Waals surface area (Å²) in [6.45, 7) is 2.21. The van der Waals surface area contributed by atoms with E-state index in [-0.39, 0.29) is 0 Å². The first-order valence-electron chi connectivity index (χ1n) is 10.3. The fourth-order valence-corrected chi connectivity index (χ4v) is 3.14. The van der Waals surface area contributed by atoms with Gasteiger partial charge in [-0.05, 0) is 77.8 Å². The molecule has 0 saturated carbocycles. The number of aryl methyl sites for hydroxylation is 1. The molecule has 0 N–H and O–H groups in total. The van der Waals surface area contributed by atoms with Crippen LogP contribution in [0.3, 0.4) is 0 Å². The number of hydrogen-bond donors (Lipinski definition) is 0. The fourth-order valence-electron chi connectivity index (χ4n) is 3.14. The van der Waals surface area contributed by atoms with E-state index in [0.29, 0.717) is 5.56 Å². The summed E-state index contributed by atoms with van der Waals surface area (Å²) in [6.07, 6.45) is 0.503. The van der Waals surface area contributed by atoms with Crippen molar-refractivity contribution in [2.24, 2.45) is 0 Å². The van der Waals surface area contributed by atoms with Crippen LogP contribution in [-0.4, -0.2) is 0 Å². The molecule has 0 saturated heterocycles. The molecule has 0 heterocycles. The first-order valence-corrected chi connectivity index (χ1v) is 10.3. The Kier molecular flexibility index (Phi) is 7.58. The van der Waals surface area contributed by atoms with Crippen LogP contribution in [0.2, 0.25) is 0 Å².